The fourth-order valence-electron chi connectivity index (χ4n) is 1.17. The topological polar surface area (TPSA) is 37.3 Å². The van der Waals surface area contributed by atoms with Crippen molar-refractivity contribution < 1.29 is 9.90 Å². The highest BCUT2D eigenvalue weighted by molar-refractivity contribution is 5.79. The molecule has 0 bridgehead atoms. The quantitative estimate of drug-likeness (QED) is 0.387. The zero-order chi connectivity index (χ0) is 9.52. The number of aliphatic carboxylic acids is 1. The second-order valence-corrected chi connectivity index (χ2v) is 3.39. The van der Waals surface area contributed by atoms with E-state index in [4.69, 9.17) is 5.11 Å². The molecule has 0 aromatic carbocycles. The lowest BCUT2D eigenvalue weighted by Gasteiger charge is -1.91. The van der Waals surface area contributed by atoms with Gasteiger partial charge in [0.1, 0.15) is 0 Å². The highest BCUT2D eigenvalue weighted by Crippen LogP contribution is 2.28. The number of carbonyl (C=O) groups is 1. The van der Waals surface area contributed by atoms with Crippen molar-refractivity contribution in [3.05, 3.63) is 23.8 Å². The second-order valence-electron chi connectivity index (χ2n) is 3.39. The first-order chi connectivity index (χ1) is 6.29. The predicted octanol–water partition coefficient (Wildman–Crippen LogP) is 2.91. The normalized spacial score (nSPS) is 14.9. The Balaban J connectivity index is 1.88. The Labute approximate surface area is 79.0 Å². The SMILES string of the molecule is O=C(O)C=CCCCCC=C1CC1. The third-order valence-corrected chi connectivity index (χ3v) is 2.06. The van der Waals surface area contributed by atoms with Gasteiger partial charge in [-0.3, -0.25) is 0 Å². The molecule has 1 aliphatic rings. The minimum absolute atomic E-state index is 0.847. The highest BCUT2D eigenvalue weighted by atomic mass is 16.4. The monoisotopic (exact) mass is 180 g/mol. The third-order valence-electron chi connectivity index (χ3n) is 2.06. The summed E-state index contributed by atoms with van der Waals surface area (Å²) in [4.78, 5) is 10.1. The van der Waals surface area contributed by atoms with E-state index in [9.17, 15) is 4.79 Å². The van der Waals surface area contributed by atoms with Crippen molar-refractivity contribution in [1.82, 2.24) is 0 Å². The lowest BCUT2D eigenvalue weighted by Crippen LogP contribution is -1.85. The first kappa shape index (κ1) is 10.0. The van der Waals surface area contributed by atoms with Crippen molar-refractivity contribution >= 4 is 5.97 Å². The molecule has 1 aliphatic carbocycles. The van der Waals surface area contributed by atoms with Crippen LogP contribution in [0.5, 0.6) is 0 Å². The molecular formula is C11H16O2. The van der Waals surface area contributed by atoms with Crippen molar-refractivity contribution in [2.75, 3.05) is 0 Å². The molecular weight excluding hydrogens is 164 g/mol. The molecule has 2 nitrogen and oxygen atoms in total. The fourth-order valence-corrected chi connectivity index (χ4v) is 1.17. The molecule has 1 saturated carbocycles. The molecule has 0 atom stereocenters. The molecule has 2 heteroatoms. The first-order valence-corrected chi connectivity index (χ1v) is 4.86. The average Bonchev–Trinajstić information content (AvgIpc) is 2.86. The Bertz CT molecular complexity index is 220. The van der Waals surface area contributed by atoms with Crippen LogP contribution in [-0.4, -0.2) is 11.1 Å². The number of hydrogen-bond acceptors (Lipinski definition) is 1. The summed E-state index contributed by atoms with van der Waals surface area (Å²) in [6.45, 7) is 0. The molecule has 0 aliphatic heterocycles. The number of allylic oxidation sites excluding steroid dienone is 3. The minimum Gasteiger partial charge on any atom is -0.478 e. The Kier molecular flexibility index (Phi) is 4.30. The van der Waals surface area contributed by atoms with Gasteiger partial charge in [-0.15, -0.1) is 0 Å². The van der Waals surface area contributed by atoms with E-state index in [2.05, 4.69) is 6.08 Å². The molecule has 0 amide bonds. The largest absolute Gasteiger partial charge is 0.478 e. The lowest BCUT2D eigenvalue weighted by molar-refractivity contribution is -0.131. The molecule has 1 N–H and O–H groups in total. The maximum absolute atomic E-state index is 10.1. The molecule has 0 aromatic heterocycles. The van der Waals surface area contributed by atoms with E-state index < -0.39 is 5.97 Å². The number of carboxylic acids is 1. The van der Waals surface area contributed by atoms with Crippen LogP contribution in [0.2, 0.25) is 0 Å². The van der Waals surface area contributed by atoms with Gasteiger partial charge < -0.3 is 5.11 Å². The van der Waals surface area contributed by atoms with Crippen LogP contribution in [0.3, 0.4) is 0 Å². The zero-order valence-electron chi connectivity index (χ0n) is 7.83. The van der Waals surface area contributed by atoms with Crippen molar-refractivity contribution in [3.8, 4) is 0 Å². The number of hydrogen-bond donors (Lipinski definition) is 1. The standard InChI is InChI=1S/C11H16O2/c12-11(13)7-5-3-1-2-4-6-10-8-9-10/h5-7H,1-4,8-9H2,(H,12,13). The van der Waals surface area contributed by atoms with Crippen molar-refractivity contribution in [2.24, 2.45) is 0 Å². The maximum atomic E-state index is 10.1. The lowest BCUT2D eigenvalue weighted by atomic mass is 10.2. The van der Waals surface area contributed by atoms with Gasteiger partial charge in [0.15, 0.2) is 0 Å². The van der Waals surface area contributed by atoms with E-state index in [1.54, 1.807) is 11.6 Å². The van der Waals surface area contributed by atoms with Crippen LogP contribution in [0, 0.1) is 0 Å². The van der Waals surface area contributed by atoms with Gasteiger partial charge in [0.05, 0.1) is 0 Å². The van der Waals surface area contributed by atoms with E-state index in [0.717, 1.165) is 19.3 Å². The van der Waals surface area contributed by atoms with Gasteiger partial charge in [0.25, 0.3) is 0 Å². The molecule has 0 radical (unpaired) electrons. The summed E-state index contributed by atoms with van der Waals surface area (Å²) in [6, 6.07) is 0. The van der Waals surface area contributed by atoms with Crippen LogP contribution in [0.4, 0.5) is 0 Å². The molecule has 13 heavy (non-hydrogen) atoms. The third kappa shape index (κ3) is 6.14. The van der Waals surface area contributed by atoms with Crippen LogP contribution >= 0.6 is 0 Å². The van der Waals surface area contributed by atoms with Gasteiger partial charge in [0.2, 0.25) is 0 Å². The van der Waals surface area contributed by atoms with Crippen molar-refractivity contribution in [2.45, 2.75) is 38.5 Å². The average molecular weight is 180 g/mol. The summed E-state index contributed by atoms with van der Waals surface area (Å²) < 4.78 is 0. The molecule has 0 spiro atoms. The number of unbranched alkanes of at least 4 members (excludes halogenated alkanes) is 3. The summed E-state index contributed by atoms with van der Waals surface area (Å²) in [5.74, 6) is -0.847. The van der Waals surface area contributed by atoms with Gasteiger partial charge >= 0.3 is 5.97 Å². The van der Waals surface area contributed by atoms with Crippen LogP contribution in [0.1, 0.15) is 38.5 Å². The van der Waals surface area contributed by atoms with Gasteiger partial charge in [-0.25, -0.2) is 4.79 Å². The van der Waals surface area contributed by atoms with Crippen LogP contribution in [0.25, 0.3) is 0 Å². The van der Waals surface area contributed by atoms with Crippen molar-refractivity contribution in [3.63, 3.8) is 0 Å². The summed E-state index contributed by atoms with van der Waals surface area (Å²) in [5.41, 5.74) is 1.60. The Morgan fingerprint density at radius 1 is 1.31 bits per heavy atom. The molecule has 0 heterocycles. The van der Waals surface area contributed by atoms with Gasteiger partial charge in [-0.05, 0) is 38.5 Å². The highest BCUT2D eigenvalue weighted by Gasteiger charge is 2.08. The second kappa shape index (κ2) is 5.57. The molecule has 1 fully saturated rings. The molecule has 0 aromatic rings. The van der Waals surface area contributed by atoms with Crippen molar-refractivity contribution in [1.29, 1.82) is 0 Å². The summed E-state index contributed by atoms with van der Waals surface area (Å²) in [7, 11) is 0. The summed E-state index contributed by atoms with van der Waals surface area (Å²) in [5, 5.41) is 8.30. The van der Waals surface area contributed by atoms with Gasteiger partial charge in [-0.2, -0.15) is 0 Å². The van der Waals surface area contributed by atoms with E-state index in [1.165, 1.54) is 25.3 Å². The Morgan fingerprint density at radius 3 is 2.62 bits per heavy atom. The van der Waals surface area contributed by atoms with E-state index in [0.29, 0.717) is 0 Å². The predicted molar refractivity (Wildman–Crippen MR) is 52.6 cm³/mol. The molecule has 0 saturated heterocycles. The van der Waals surface area contributed by atoms with Crippen LogP contribution < -0.4 is 0 Å². The fraction of sp³-hybridized carbons (Fsp3) is 0.545. The molecule has 1 rings (SSSR count). The van der Waals surface area contributed by atoms with Crippen LogP contribution in [-0.2, 0) is 4.79 Å². The van der Waals surface area contributed by atoms with E-state index >= 15 is 0 Å². The summed E-state index contributed by atoms with van der Waals surface area (Å²) in [6.07, 6.45) is 12.2. The van der Waals surface area contributed by atoms with E-state index in [1.807, 2.05) is 0 Å². The summed E-state index contributed by atoms with van der Waals surface area (Å²) >= 11 is 0. The minimum atomic E-state index is -0.847. The maximum Gasteiger partial charge on any atom is 0.327 e. The molecule has 0 unspecified atom stereocenters. The Hall–Kier alpha value is -1.05. The van der Waals surface area contributed by atoms with Gasteiger partial charge in [-0.1, -0.05) is 17.7 Å². The van der Waals surface area contributed by atoms with E-state index in [-0.39, 0.29) is 0 Å². The van der Waals surface area contributed by atoms with Gasteiger partial charge in [0, 0.05) is 6.08 Å². The van der Waals surface area contributed by atoms with Crippen LogP contribution in [0.15, 0.2) is 23.8 Å². The smallest absolute Gasteiger partial charge is 0.327 e. The molecule has 72 valence electrons. The number of rotatable bonds is 6. The zero-order valence-corrected chi connectivity index (χ0v) is 7.83. The first-order valence-electron chi connectivity index (χ1n) is 4.86. The Morgan fingerprint density at radius 2 is 2.00 bits per heavy atom. The number of carboxylic acid groups (broad SMARTS) is 1.